The Labute approximate surface area is 99.8 Å². The van der Waals surface area contributed by atoms with Crippen LogP contribution < -0.4 is 4.50 Å². The Morgan fingerprint density at radius 1 is 1.00 bits per heavy atom. The SMILES string of the molecule is C[Si](C)(C)C#Cc1ccc([Si](C)(C)C)s1. The van der Waals surface area contributed by atoms with Gasteiger partial charge in [-0.2, -0.15) is 0 Å². The van der Waals surface area contributed by atoms with Gasteiger partial charge in [0.25, 0.3) is 0 Å². The van der Waals surface area contributed by atoms with Crippen LogP contribution in [-0.4, -0.2) is 16.1 Å². The summed E-state index contributed by atoms with van der Waals surface area (Å²) in [4.78, 5) is 1.25. The van der Waals surface area contributed by atoms with Crippen LogP contribution in [0.15, 0.2) is 12.1 Å². The molecule has 1 aromatic rings. The Morgan fingerprint density at radius 2 is 1.60 bits per heavy atom. The zero-order valence-electron chi connectivity index (χ0n) is 10.6. The molecule has 0 unspecified atom stereocenters. The molecule has 0 atom stereocenters. The molecule has 0 aromatic carbocycles. The fraction of sp³-hybridized carbons (Fsp3) is 0.500. The summed E-state index contributed by atoms with van der Waals surface area (Å²) in [5, 5.41) is 0. The molecule has 1 rings (SSSR count). The third-order valence-electron chi connectivity index (χ3n) is 1.91. The first kappa shape index (κ1) is 12.8. The normalized spacial score (nSPS) is 12.1. The van der Waals surface area contributed by atoms with Crippen LogP contribution >= 0.6 is 11.3 Å². The van der Waals surface area contributed by atoms with Crippen molar-refractivity contribution in [2.75, 3.05) is 0 Å². The molecule has 0 saturated heterocycles. The summed E-state index contributed by atoms with van der Waals surface area (Å²) in [6, 6.07) is 4.45. The van der Waals surface area contributed by atoms with E-state index >= 15 is 0 Å². The van der Waals surface area contributed by atoms with Gasteiger partial charge in [0, 0.05) is 0 Å². The molecule has 15 heavy (non-hydrogen) atoms. The van der Waals surface area contributed by atoms with Crippen molar-refractivity contribution >= 4 is 32.0 Å². The van der Waals surface area contributed by atoms with Gasteiger partial charge < -0.3 is 0 Å². The van der Waals surface area contributed by atoms with Gasteiger partial charge in [-0.3, -0.25) is 0 Å². The molecule has 82 valence electrons. The molecule has 0 aliphatic heterocycles. The Morgan fingerprint density at radius 3 is 2.00 bits per heavy atom. The van der Waals surface area contributed by atoms with E-state index < -0.39 is 16.1 Å². The molecule has 0 bridgehead atoms. The Bertz CT molecular complexity index is 394. The van der Waals surface area contributed by atoms with Crippen molar-refractivity contribution in [3.63, 3.8) is 0 Å². The van der Waals surface area contributed by atoms with Crippen molar-refractivity contribution in [3.05, 3.63) is 17.0 Å². The first-order valence-corrected chi connectivity index (χ1v) is 13.1. The van der Waals surface area contributed by atoms with Gasteiger partial charge in [0.15, 0.2) is 0 Å². The van der Waals surface area contributed by atoms with Crippen LogP contribution in [0.4, 0.5) is 0 Å². The molecule has 0 aliphatic rings. The minimum absolute atomic E-state index is 1.13. The van der Waals surface area contributed by atoms with Crippen LogP contribution in [0.25, 0.3) is 0 Å². The van der Waals surface area contributed by atoms with Crippen LogP contribution in [0.2, 0.25) is 39.3 Å². The summed E-state index contributed by atoms with van der Waals surface area (Å²) >= 11 is 1.89. The van der Waals surface area contributed by atoms with Crippen LogP contribution in [0.1, 0.15) is 4.88 Å². The third kappa shape index (κ3) is 4.37. The van der Waals surface area contributed by atoms with E-state index in [1.807, 2.05) is 11.3 Å². The second kappa shape index (κ2) is 4.28. The van der Waals surface area contributed by atoms with Crippen molar-refractivity contribution in [2.45, 2.75) is 39.3 Å². The van der Waals surface area contributed by atoms with Crippen LogP contribution in [-0.2, 0) is 0 Å². The van der Waals surface area contributed by atoms with Gasteiger partial charge in [-0.1, -0.05) is 51.3 Å². The monoisotopic (exact) mass is 252 g/mol. The first-order chi connectivity index (χ1) is 6.68. The van der Waals surface area contributed by atoms with Crippen molar-refractivity contribution in [2.24, 2.45) is 0 Å². The fourth-order valence-corrected chi connectivity index (χ4v) is 4.41. The zero-order valence-corrected chi connectivity index (χ0v) is 13.4. The highest BCUT2D eigenvalue weighted by Crippen LogP contribution is 2.12. The van der Waals surface area contributed by atoms with Gasteiger partial charge in [0.2, 0.25) is 0 Å². The van der Waals surface area contributed by atoms with Crippen LogP contribution in [0.3, 0.4) is 0 Å². The third-order valence-corrected chi connectivity index (χ3v) is 7.38. The molecule has 0 amide bonds. The smallest absolute Gasteiger partial charge is 0.129 e. The Hall–Kier alpha value is -0.306. The molecular formula is C12H20SSi2. The van der Waals surface area contributed by atoms with Crippen molar-refractivity contribution in [1.82, 2.24) is 0 Å². The lowest BCUT2D eigenvalue weighted by atomic mass is 10.5. The standard InChI is InChI=1S/C12H20SSi2/c1-14(2,3)10-9-11-7-8-12(13-11)15(4,5)6/h7-8H,1-6H3. The van der Waals surface area contributed by atoms with E-state index in [1.54, 1.807) is 4.50 Å². The average molecular weight is 253 g/mol. The second-order valence-electron chi connectivity index (χ2n) is 5.91. The molecule has 0 fully saturated rings. The van der Waals surface area contributed by atoms with E-state index in [1.165, 1.54) is 4.88 Å². The van der Waals surface area contributed by atoms with E-state index in [2.05, 4.69) is 62.9 Å². The molecule has 0 spiro atoms. The summed E-state index contributed by atoms with van der Waals surface area (Å²) in [5.74, 6) is 3.33. The molecule has 0 nitrogen and oxygen atoms in total. The topological polar surface area (TPSA) is 0 Å². The molecule has 1 heterocycles. The van der Waals surface area contributed by atoms with Gasteiger partial charge in [0.1, 0.15) is 8.07 Å². The minimum Gasteiger partial charge on any atom is -0.136 e. The lowest BCUT2D eigenvalue weighted by molar-refractivity contribution is 1.78. The van der Waals surface area contributed by atoms with Gasteiger partial charge in [-0.15, -0.1) is 16.9 Å². The summed E-state index contributed by atoms with van der Waals surface area (Å²) < 4.78 is 1.56. The second-order valence-corrected chi connectivity index (χ2v) is 17.1. The highest BCUT2D eigenvalue weighted by atomic mass is 32.1. The minimum atomic E-state index is -1.22. The Kier molecular flexibility index (Phi) is 3.65. The molecule has 0 saturated carbocycles. The lowest BCUT2D eigenvalue weighted by Crippen LogP contribution is -2.34. The van der Waals surface area contributed by atoms with E-state index in [0.717, 1.165) is 0 Å². The summed E-state index contributed by atoms with van der Waals surface area (Å²) in [6.45, 7) is 14.0. The maximum absolute atomic E-state index is 3.42. The highest BCUT2D eigenvalue weighted by molar-refractivity contribution is 7.26. The number of hydrogen-bond acceptors (Lipinski definition) is 1. The predicted octanol–water partition coefficient (Wildman–Crippen LogP) is 3.52. The van der Waals surface area contributed by atoms with Gasteiger partial charge >= 0.3 is 0 Å². The van der Waals surface area contributed by atoms with E-state index in [-0.39, 0.29) is 0 Å². The predicted molar refractivity (Wildman–Crippen MR) is 77.5 cm³/mol. The average Bonchev–Trinajstić information content (AvgIpc) is 2.45. The Balaban J connectivity index is 2.90. The van der Waals surface area contributed by atoms with E-state index in [0.29, 0.717) is 0 Å². The summed E-state index contributed by atoms with van der Waals surface area (Å²) in [7, 11) is -2.35. The molecule has 3 heteroatoms. The molecule has 0 N–H and O–H groups in total. The number of thiophene rings is 1. The van der Waals surface area contributed by atoms with Gasteiger partial charge in [-0.05, 0) is 10.6 Å². The van der Waals surface area contributed by atoms with E-state index in [4.69, 9.17) is 0 Å². The van der Waals surface area contributed by atoms with E-state index in [9.17, 15) is 0 Å². The molecule has 0 radical (unpaired) electrons. The van der Waals surface area contributed by atoms with Crippen LogP contribution in [0, 0.1) is 11.5 Å². The van der Waals surface area contributed by atoms with Crippen molar-refractivity contribution < 1.29 is 0 Å². The maximum atomic E-state index is 3.42. The molecule has 1 aromatic heterocycles. The van der Waals surface area contributed by atoms with Gasteiger partial charge in [-0.25, -0.2) is 0 Å². The highest BCUT2D eigenvalue weighted by Gasteiger charge is 2.18. The first-order valence-electron chi connectivity index (χ1n) is 5.32. The van der Waals surface area contributed by atoms with Crippen molar-refractivity contribution in [1.29, 1.82) is 0 Å². The maximum Gasteiger partial charge on any atom is 0.129 e. The zero-order chi connectivity index (χ0) is 11.7. The largest absolute Gasteiger partial charge is 0.136 e. The van der Waals surface area contributed by atoms with Gasteiger partial charge in [0.05, 0.1) is 13.0 Å². The fourth-order valence-electron chi connectivity index (χ4n) is 1.06. The van der Waals surface area contributed by atoms with Crippen LogP contribution in [0.5, 0.6) is 0 Å². The number of hydrogen-bond donors (Lipinski definition) is 0. The molecule has 0 aliphatic carbocycles. The van der Waals surface area contributed by atoms with Crippen molar-refractivity contribution in [3.8, 4) is 11.5 Å². The number of rotatable bonds is 1. The summed E-state index contributed by atoms with van der Waals surface area (Å²) in [5.41, 5.74) is 3.42. The molecular weight excluding hydrogens is 232 g/mol. The lowest BCUT2D eigenvalue weighted by Gasteiger charge is -2.11. The quantitative estimate of drug-likeness (QED) is 0.530. The summed E-state index contributed by atoms with van der Waals surface area (Å²) in [6.07, 6.45) is 0.